The maximum atomic E-state index is 12.8. The van der Waals surface area contributed by atoms with Crippen LogP contribution in [0.25, 0.3) is 11.2 Å². The number of hydrogen-bond donors (Lipinski definition) is 1. The summed E-state index contributed by atoms with van der Waals surface area (Å²) in [6.07, 6.45) is 9.26. The molecule has 222 valence electrons. The molecule has 15 heteroatoms. The van der Waals surface area contributed by atoms with Crippen LogP contribution in [0.1, 0.15) is 97.1 Å². The van der Waals surface area contributed by atoms with Crippen molar-refractivity contribution >= 4 is 36.7 Å². The Bertz CT molecular complexity index is 1200. The van der Waals surface area contributed by atoms with Gasteiger partial charge in [-0.15, -0.1) is 0 Å². The first-order valence-corrected chi connectivity index (χ1v) is 15.7. The number of ether oxygens (including phenoxy) is 2. The Labute approximate surface area is 262 Å². The number of anilines is 1. The van der Waals surface area contributed by atoms with E-state index >= 15 is 0 Å². The number of imidazole rings is 1. The van der Waals surface area contributed by atoms with Crippen molar-refractivity contribution in [1.29, 1.82) is 0 Å². The van der Waals surface area contributed by atoms with Gasteiger partial charge >= 0.3 is 35.5 Å². The smallest absolute Gasteiger partial charge is 0.756 e. The van der Waals surface area contributed by atoms with Gasteiger partial charge in [0.25, 0.3) is 7.82 Å². The van der Waals surface area contributed by atoms with E-state index in [-0.39, 0.29) is 54.3 Å². The Kier molecular flexibility index (Phi) is 13.6. The minimum atomic E-state index is -4.58. The number of phosphoric acid groups is 1. The number of aromatic nitrogens is 4. The predicted molar refractivity (Wildman–Crippen MR) is 143 cm³/mol. The fraction of sp³-hybridized carbons (Fsp3) is 0.731. The van der Waals surface area contributed by atoms with Crippen molar-refractivity contribution in [3.63, 3.8) is 0 Å². The van der Waals surface area contributed by atoms with E-state index in [4.69, 9.17) is 18.5 Å². The number of phosphoric ester groups is 1. The molecular weight excluding hydrogens is 564 g/mol. The van der Waals surface area contributed by atoms with Crippen molar-refractivity contribution in [3.05, 3.63) is 12.7 Å². The summed E-state index contributed by atoms with van der Waals surface area (Å²) in [5.41, 5.74) is 0.650. The van der Waals surface area contributed by atoms with E-state index in [0.29, 0.717) is 24.0 Å². The molecular formula is C26H39N5NaO8P. The summed E-state index contributed by atoms with van der Waals surface area (Å²) in [4.78, 5) is 50.3. The van der Waals surface area contributed by atoms with Gasteiger partial charge in [0.2, 0.25) is 5.91 Å². The molecule has 1 N–H and O–H groups in total. The number of hydrogen-bond acceptors (Lipinski definition) is 11. The number of esters is 1. The van der Waals surface area contributed by atoms with Crippen LogP contribution < -0.4 is 39.8 Å². The quantitative estimate of drug-likeness (QED) is 0.134. The van der Waals surface area contributed by atoms with Gasteiger partial charge in [0.05, 0.1) is 12.9 Å². The van der Waals surface area contributed by atoms with E-state index < -0.39 is 38.3 Å². The van der Waals surface area contributed by atoms with Crippen molar-refractivity contribution in [1.82, 2.24) is 19.5 Å². The summed E-state index contributed by atoms with van der Waals surface area (Å²) in [7, 11) is -4.58. The van der Waals surface area contributed by atoms with Crippen molar-refractivity contribution < 1.29 is 67.1 Å². The minimum Gasteiger partial charge on any atom is -0.756 e. The maximum absolute atomic E-state index is 12.8. The summed E-state index contributed by atoms with van der Waals surface area (Å²) >= 11 is 0. The molecule has 0 radical (unpaired) electrons. The molecule has 5 atom stereocenters. The van der Waals surface area contributed by atoms with Crippen LogP contribution in [0.5, 0.6) is 0 Å². The SMILES string of the molecule is CCCCCCCC(=O)Nc1ncnc2c1ncn2[C@@H]1OC2COP(=O)([O-])OC2[C@@H]1OC(=O)CCCCCCC.[Na+]. The number of nitrogens with zero attached hydrogens (tertiary/aromatic N) is 4. The Morgan fingerprint density at radius 1 is 1.05 bits per heavy atom. The fourth-order valence-corrected chi connectivity index (χ4v) is 5.90. The van der Waals surface area contributed by atoms with Crippen LogP contribution in [-0.4, -0.2) is 56.3 Å². The van der Waals surface area contributed by atoms with Gasteiger partial charge in [-0.2, -0.15) is 0 Å². The zero-order valence-electron chi connectivity index (χ0n) is 24.2. The van der Waals surface area contributed by atoms with Crippen LogP contribution >= 0.6 is 7.82 Å². The van der Waals surface area contributed by atoms with Gasteiger partial charge in [0.15, 0.2) is 29.3 Å². The maximum Gasteiger partial charge on any atom is 1.00 e. The van der Waals surface area contributed by atoms with E-state index in [2.05, 4.69) is 34.1 Å². The van der Waals surface area contributed by atoms with Gasteiger partial charge in [-0.05, 0) is 12.8 Å². The van der Waals surface area contributed by atoms with Crippen LogP contribution in [0, 0.1) is 0 Å². The molecule has 0 aliphatic carbocycles. The number of nitrogens with one attached hydrogen (secondary N) is 1. The largest absolute Gasteiger partial charge is 1.00 e. The van der Waals surface area contributed by atoms with E-state index in [1.54, 1.807) is 0 Å². The summed E-state index contributed by atoms with van der Waals surface area (Å²) < 4.78 is 35.5. The number of carbonyl (C=O) groups excluding carboxylic acids is 2. The molecule has 4 rings (SSSR count). The molecule has 2 aromatic heterocycles. The Morgan fingerprint density at radius 3 is 2.44 bits per heavy atom. The van der Waals surface area contributed by atoms with E-state index in [1.807, 2.05) is 0 Å². The fourth-order valence-electron chi connectivity index (χ4n) is 4.96. The molecule has 0 spiro atoms. The molecule has 13 nitrogen and oxygen atoms in total. The normalized spacial score (nSPS) is 25.4. The average molecular weight is 604 g/mol. The average Bonchev–Trinajstić information content (AvgIpc) is 3.50. The molecule has 4 heterocycles. The third kappa shape index (κ3) is 9.27. The molecule has 1 amide bonds. The van der Waals surface area contributed by atoms with Crippen molar-refractivity contribution in [2.75, 3.05) is 11.9 Å². The van der Waals surface area contributed by atoms with E-state index in [0.717, 1.165) is 57.8 Å². The first-order chi connectivity index (χ1) is 19.3. The third-order valence-corrected chi connectivity index (χ3v) is 8.05. The molecule has 2 saturated heterocycles. The second-order valence-electron chi connectivity index (χ2n) is 10.3. The monoisotopic (exact) mass is 603 g/mol. The van der Waals surface area contributed by atoms with Gasteiger partial charge in [-0.1, -0.05) is 65.2 Å². The predicted octanol–water partition coefficient (Wildman–Crippen LogP) is 1.18. The molecule has 2 aliphatic rings. The second-order valence-corrected chi connectivity index (χ2v) is 11.6. The zero-order chi connectivity index (χ0) is 28.5. The summed E-state index contributed by atoms with van der Waals surface area (Å²) in [6, 6.07) is 0. The number of unbranched alkanes of at least 4 members (excludes halogenated alkanes) is 8. The number of amides is 1. The molecule has 2 aliphatic heterocycles. The van der Waals surface area contributed by atoms with Crippen molar-refractivity contribution in [3.8, 4) is 0 Å². The molecule has 2 aromatic rings. The summed E-state index contributed by atoms with van der Waals surface area (Å²) in [5.74, 6) is -0.392. The molecule has 3 unspecified atom stereocenters. The van der Waals surface area contributed by atoms with Crippen LogP contribution in [0.3, 0.4) is 0 Å². The molecule has 0 saturated carbocycles. The topological polar surface area (TPSA) is 167 Å². The zero-order valence-corrected chi connectivity index (χ0v) is 27.1. The van der Waals surface area contributed by atoms with Gasteiger partial charge in [-0.3, -0.25) is 18.7 Å². The van der Waals surface area contributed by atoms with Crippen LogP contribution in [0.4, 0.5) is 5.82 Å². The molecule has 0 bridgehead atoms. The Morgan fingerprint density at radius 2 is 1.73 bits per heavy atom. The van der Waals surface area contributed by atoms with Crippen LogP contribution in [-0.2, 0) is 32.7 Å². The first kappa shape index (κ1) is 34.1. The summed E-state index contributed by atoms with van der Waals surface area (Å²) in [5, 5.41) is 2.81. The van der Waals surface area contributed by atoms with Crippen LogP contribution in [0.15, 0.2) is 12.7 Å². The minimum absolute atomic E-state index is 0. The van der Waals surface area contributed by atoms with Crippen molar-refractivity contribution in [2.24, 2.45) is 0 Å². The third-order valence-electron chi connectivity index (χ3n) is 7.08. The Hall–Kier alpha value is -1.44. The number of carbonyl (C=O) groups is 2. The van der Waals surface area contributed by atoms with Crippen LogP contribution in [0.2, 0.25) is 0 Å². The van der Waals surface area contributed by atoms with Gasteiger partial charge in [0, 0.05) is 12.8 Å². The molecule has 2 fully saturated rings. The summed E-state index contributed by atoms with van der Waals surface area (Å²) in [6.45, 7) is 3.99. The Balaban J connectivity index is 0.00000462. The number of fused-ring (bicyclic) bond motifs is 2. The van der Waals surface area contributed by atoms with E-state index in [9.17, 15) is 19.0 Å². The van der Waals surface area contributed by atoms with Gasteiger partial charge in [0.1, 0.15) is 18.5 Å². The van der Waals surface area contributed by atoms with Gasteiger partial charge in [-0.25, -0.2) is 15.0 Å². The second kappa shape index (κ2) is 16.4. The standard InChI is InChI=1S/C26H40N5O8P.Na/c1-3-5-7-9-11-13-19(32)30-24-21-25(28-16-27-24)31(17-29-21)26-23(38-20(33)14-12-10-8-6-4-2)22-18(37-26)15-36-40(34,35)39-22;/h16-18,22-23,26H,3-15H2,1-2H3,(H,34,35)(H,27,28,30,32);/q;+1/p-1/t18?,22?,23-,26+;/m0./s1. The molecule has 0 aromatic carbocycles. The first-order valence-electron chi connectivity index (χ1n) is 14.3. The molecule has 41 heavy (non-hydrogen) atoms. The van der Waals surface area contributed by atoms with Gasteiger partial charge < -0.3 is 28.7 Å². The van der Waals surface area contributed by atoms with E-state index in [1.165, 1.54) is 17.2 Å². The van der Waals surface area contributed by atoms with Crippen molar-refractivity contribution in [2.45, 2.75) is 115 Å². The number of rotatable bonds is 15.